The van der Waals surface area contributed by atoms with Gasteiger partial charge in [-0.2, -0.15) is 0 Å². The first-order valence-corrected chi connectivity index (χ1v) is 5.75. The van der Waals surface area contributed by atoms with Gasteiger partial charge in [-0.05, 0) is 19.8 Å². The van der Waals surface area contributed by atoms with Crippen molar-refractivity contribution in [1.82, 2.24) is 5.32 Å². The van der Waals surface area contributed by atoms with E-state index in [4.69, 9.17) is 9.84 Å². The van der Waals surface area contributed by atoms with Crippen LogP contribution in [0.4, 0.5) is 4.79 Å². The van der Waals surface area contributed by atoms with Crippen molar-refractivity contribution in [2.24, 2.45) is 0 Å². The van der Waals surface area contributed by atoms with Gasteiger partial charge in [-0.1, -0.05) is 19.3 Å². The van der Waals surface area contributed by atoms with Gasteiger partial charge in [0.2, 0.25) is 0 Å². The highest BCUT2D eigenvalue weighted by molar-refractivity contribution is 5.72. The highest BCUT2D eigenvalue weighted by atomic mass is 16.5. The fraction of sp³-hybridized carbons (Fsp3) is 0.818. The standard InChI is InChI=1S/C11H19NO4/c1-2-16-10(15)12-11(8-9(13)14)6-4-3-5-7-11/h2-8H2,1H3,(H,12,15)(H,13,14). The maximum absolute atomic E-state index is 11.4. The Labute approximate surface area is 95.2 Å². The number of carbonyl (C=O) groups excluding carboxylic acids is 1. The van der Waals surface area contributed by atoms with Gasteiger partial charge in [0.1, 0.15) is 0 Å². The minimum atomic E-state index is -0.876. The zero-order chi connectivity index (χ0) is 12.0. The molecule has 1 fully saturated rings. The summed E-state index contributed by atoms with van der Waals surface area (Å²) < 4.78 is 4.81. The molecule has 1 aliphatic rings. The number of hydrogen-bond donors (Lipinski definition) is 2. The second-order valence-corrected chi connectivity index (χ2v) is 4.26. The lowest BCUT2D eigenvalue weighted by Gasteiger charge is -2.36. The van der Waals surface area contributed by atoms with Crippen molar-refractivity contribution in [3.8, 4) is 0 Å². The van der Waals surface area contributed by atoms with Crippen LogP contribution in [-0.2, 0) is 9.53 Å². The summed E-state index contributed by atoms with van der Waals surface area (Å²) in [5.74, 6) is -0.876. The van der Waals surface area contributed by atoms with E-state index in [1.165, 1.54) is 0 Å². The van der Waals surface area contributed by atoms with Crippen LogP contribution < -0.4 is 5.32 Å². The number of amides is 1. The molecule has 0 bridgehead atoms. The van der Waals surface area contributed by atoms with E-state index in [1.54, 1.807) is 6.92 Å². The first kappa shape index (κ1) is 12.8. The number of nitrogens with one attached hydrogen (secondary N) is 1. The van der Waals surface area contributed by atoms with Gasteiger partial charge < -0.3 is 15.2 Å². The number of rotatable bonds is 4. The maximum Gasteiger partial charge on any atom is 0.407 e. The largest absolute Gasteiger partial charge is 0.481 e. The van der Waals surface area contributed by atoms with Crippen molar-refractivity contribution in [3.05, 3.63) is 0 Å². The summed E-state index contributed by atoms with van der Waals surface area (Å²) >= 11 is 0. The Morgan fingerprint density at radius 1 is 1.31 bits per heavy atom. The Hall–Kier alpha value is -1.26. The Balaban J connectivity index is 2.62. The minimum Gasteiger partial charge on any atom is -0.481 e. The van der Waals surface area contributed by atoms with Gasteiger partial charge in [-0.3, -0.25) is 4.79 Å². The van der Waals surface area contributed by atoms with Crippen molar-refractivity contribution in [1.29, 1.82) is 0 Å². The second kappa shape index (κ2) is 5.72. The Morgan fingerprint density at radius 2 is 1.94 bits per heavy atom. The van der Waals surface area contributed by atoms with Crippen LogP contribution in [0.1, 0.15) is 45.4 Å². The van der Waals surface area contributed by atoms with Crippen molar-refractivity contribution in [3.63, 3.8) is 0 Å². The summed E-state index contributed by atoms with van der Waals surface area (Å²) in [6.07, 6.45) is 3.93. The molecule has 1 rings (SSSR count). The predicted molar refractivity (Wildman–Crippen MR) is 58.2 cm³/mol. The fourth-order valence-corrected chi connectivity index (χ4v) is 2.25. The molecule has 0 heterocycles. The molecule has 0 spiro atoms. The third-order valence-corrected chi connectivity index (χ3v) is 2.94. The molecule has 5 heteroatoms. The summed E-state index contributed by atoms with van der Waals surface area (Å²) in [5.41, 5.74) is -0.601. The average Bonchev–Trinajstić information content (AvgIpc) is 2.17. The van der Waals surface area contributed by atoms with Gasteiger partial charge in [-0.25, -0.2) is 4.79 Å². The van der Waals surface area contributed by atoms with E-state index in [0.717, 1.165) is 32.1 Å². The number of carboxylic acid groups (broad SMARTS) is 1. The number of aliphatic carboxylic acids is 1. The highest BCUT2D eigenvalue weighted by Gasteiger charge is 2.36. The zero-order valence-electron chi connectivity index (χ0n) is 9.62. The number of alkyl carbamates (subject to hydrolysis) is 1. The molecule has 0 aromatic carbocycles. The predicted octanol–water partition coefficient (Wildman–Crippen LogP) is 1.91. The molecule has 1 aliphatic carbocycles. The van der Waals surface area contributed by atoms with Crippen LogP contribution in [0.2, 0.25) is 0 Å². The second-order valence-electron chi connectivity index (χ2n) is 4.26. The third-order valence-electron chi connectivity index (χ3n) is 2.94. The number of hydrogen-bond acceptors (Lipinski definition) is 3. The van der Waals surface area contributed by atoms with Gasteiger partial charge in [-0.15, -0.1) is 0 Å². The lowest BCUT2D eigenvalue weighted by molar-refractivity contribution is -0.139. The molecule has 1 amide bonds. The molecule has 0 aromatic rings. The molecule has 0 unspecified atom stereocenters. The Morgan fingerprint density at radius 3 is 2.44 bits per heavy atom. The van der Waals surface area contributed by atoms with Crippen LogP contribution in [0.3, 0.4) is 0 Å². The molecular weight excluding hydrogens is 210 g/mol. The topological polar surface area (TPSA) is 75.6 Å². The first-order valence-electron chi connectivity index (χ1n) is 5.75. The molecule has 0 aromatic heterocycles. The van der Waals surface area contributed by atoms with Crippen molar-refractivity contribution >= 4 is 12.1 Å². The van der Waals surface area contributed by atoms with Crippen LogP contribution in [0.15, 0.2) is 0 Å². The van der Waals surface area contributed by atoms with Crippen LogP contribution in [0, 0.1) is 0 Å². The Kier molecular flexibility index (Phi) is 4.58. The summed E-state index contributed by atoms with van der Waals surface area (Å²) in [7, 11) is 0. The van der Waals surface area contributed by atoms with Crippen molar-refractivity contribution in [2.45, 2.75) is 51.0 Å². The van der Waals surface area contributed by atoms with Crippen molar-refractivity contribution < 1.29 is 19.4 Å². The average molecular weight is 229 g/mol. The first-order chi connectivity index (χ1) is 7.58. The van der Waals surface area contributed by atoms with E-state index < -0.39 is 17.6 Å². The lowest BCUT2D eigenvalue weighted by Crippen LogP contribution is -2.51. The normalized spacial score (nSPS) is 18.8. The zero-order valence-corrected chi connectivity index (χ0v) is 9.62. The van der Waals surface area contributed by atoms with E-state index in [9.17, 15) is 9.59 Å². The molecule has 0 atom stereocenters. The van der Waals surface area contributed by atoms with E-state index >= 15 is 0 Å². The third kappa shape index (κ3) is 3.72. The van der Waals surface area contributed by atoms with Gasteiger partial charge >= 0.3 is 12.1 Å². The van der Waals surface area contributed by atoms with Gasteiger partial charge in [0.25, 0.3) is 0 Å². The Bertz CT molecular complexity index is 259. The quantitative estimate of drug-likeness (QED) is 0.772. The molecule has 0 saturated heterocycles. The number of ether oxygens (including phenoxy) is 1. The van der Waals surface area contributed by atoms with Crippen LogP contribution in [0.25, 0.3) is 0 Å². The summed E-state index contributed by atoms with van der Waals surface area (Å²) in [6.45, 7) is 2.03. The van der Waals surface area contributed by atoms with Crippen molar-refractivity contribution in [2.75, 3.05) is 6.61 Å². The maximum atomic E-state index is 11.4. The summed E-state index contributed by atoms with van der Waals surface area (Å²) in [5, 5.41) is 11.6. The molecule has 0 aliphatic heterocycles. The van der Waals surface area contributed by atoms with E-state index in [-0.39, 0.29) is 6.42 Å². The fourth-order valence-electron chi connectivity index (χ4n) is 2.25. The van der Waals surface area contributed by atoms with E-state index in [2.05, 4.69) is 5.32 Å². The van der Waals surface area contributed by atoms with E-state index in [1.807, 2.05) is 0 Å². The molecule has 92 valence electrons. The molecule has 2 N–H and O–H groups in total. The van der Waals surface area contributed by atoms with Gasteiger partial charge in [0.15, 0.2) is 0 Å². The number of carboxylic acids is 1. The monoisotopic (exact) mass is 229 g/mol. The van der Waals surface area contributed by atoms with Crippen LogP contribution >= 0.6 is 0 Å². The highest BCUT2D eigenvalue weighted by Crippen LogP contribution is 2.31. The van der Waals surface area contributed by atoms with Gasteiger partial charge in [0, 0.05) is 0 Å². The SMILES string of the molecule is CCOC(=O)NC1(CC(=O)O)CCCCC1. The summed E-state index contributed by atoms with van der Waals surface area (Å²) in [4.78, 5) is 22.2. The molecule has 0 radical (unpaired) electrons. The molecule has 5 nitrogen and oxygen atoms in total. The van der Waals surface area contributed by atoms with E-state index in [0.29, 0.717) is 6.61 Å². The number of carbonyl (C=O) groups is 2. The van der Waals surface area contributed by atoms with Gasteiger partial charge in [0.05, 0.1) is 18.6 Å². The van der Waals surface area contributed by atoms with Crippen LogP contribution in [-0.4, -0.2) is 29.3 Å². The molecule has 16 heavy (non-hydrogen) atoms. The molecular formula is C11H19NO4. The van der Waals surface area contributed by atoms with Crippen LogP contribution in [0.5, 0.6) is 0 Å². The lowest BCUT2D eigenvalue weighted by atomic mass is 9.79. The molecule has 1 saturated carbocycles. The summed E-state index contributed by atoms with van der Waals surface area (Å²) in [6, 6.07) is 0. The minimum absolute atomic E-state index is 0.0220. The smallest absolute Gasteiger partial charge is 0.407 e.